The van der Waals surface area contributed by atoms with Gasteiger partial charge in [0.25, 0.3) is 0 Å². The van der Waals surface area contributed by atoms with Crippen LogP contribution in [0.3, 0.4) is 0 Å². The van der Waals surface area contributed by atoms with Gasteiger partial charge in [-0.2, -0.15) is 0 Å². The van der Waals surface area contributed by atoms with E-state index >= 15 is 0 Å². The summed E-state index contributed by atoms with van der Waals surface area (Å²) in [7, 11) is 1.69. The number of rotatable bonds is 13. The smallest absolute Gasteiger partial charge is 0.0771 e. The lowest BCUT2D eigenvalue weighted by Crippen LogP contribution is -2.20. The second kappa shape index (κ2) is 13.7. The molecule has 1 aliphatic rings. The van der Waals surface area contributed by atoms with Crippen LogP contribution in [0.15, 0.2) is 30.4 Å². The maximum absolute atomic E-state index is 10.4. The largest absolute Gasteiger partial charge is 0.394 e. The van der Waals surface area contributed by atoms with Gasteiger partial charge < -0.3 is 25.2 Å². The van der Waals surface area contributed by atoms with Crippen LogP contribution in [0.5, 0.6) is 0 Å². The zero-order valence-corrected chi connectivity index (χ0v) is 20.1. The van der Waals surface area contributed by atoms with Gasteiger partial charge in [-0.1, -0.05) is 35.9 Å². The van der Waals surface area contributed by atoms with Crippen LogP contribution < -0.4 is 0 Å². The molecule has 1 saturated carbocycles. The van der Waals surface area contributed by atoms with Gasteiger partial charge in [-0.25, -0.2) is 0 Å². The van der Waals surface area contributed by atoms with Crippen LogP contribution in [-0.2, 0) is 11.2 Å². The highest BCUT2D eigenvalue weighted by Crippen LogP contribution is 2.36. The van der Waals surface area contributed by atoms with Gasteiger partial charge in [0.15, 0.2) is 0 Å². The number of ether oxygens (including phenoxy) is 1. The normalized spacial score (nSPS) is 26.3. The molecule has 1 heterocycles. The van der Waals surface area contributed by atoms with Crippen molar-refractivity contribution in [1.82, 2.24) is 0 Å². The first-order valence-electron chi connectivity index (χ1n) is 11.1. The van der Waals surface area contributed by atoms with Crippen LogP contribution in [0.1, 0.15) is 48.3 Å². The second-order valence-corrected chi connectivity index (χ2v) is 10.1. The standard InChI is InChI=1S/C24H37ClO5S/c1-16-22(25)13-19(31-16)11-9-18(30-2)10-12-21-20(23(28)14-24(21)29)8-6-4-3-5-7-17(27)15-26/h4,6,10,12-13,17-18,20-21,23-24,26-29H,3,5,7-9,11,14-15H2,1-2H3/b6-4+,12-10+. The van der Waals surface area contributed by atoms with Crippen LogP contribution in [0.25, 0.3) is 0 Å². The van der Waals surface area contributed by atoms with Crippen LogP contribution in [0.4, 0.5) is 0 Å². The van der Waals surface area contributed by atoms with Crippen molar-refractivity contribution in [1.29, 1.82) is 0 Å². The zero-order valence-electron chi connectivity index (χ0n) is 18.5. The molecule has 1 aliphatic carbocycles. The molecule has 0 spiro atoms. The van der Waals surface area contributed by atoms with Crippen LogP contribution in [0.2, 0.25) is 5.02 Å². The minimum atomic E-state index is -0.649. The topological polar surface area (TPSA) is 90.2 Å². The van der Waals surface area contributed by atoms with E-state index in [1.54, 1.807) is 18.4 Å². The Balaban J connectivity index is 1.86. The Hall–Kier alpha value is -0.730. The number of aryl methyl sites for hydroxylation is 2. The highest BCUT2D eigenvalue weighted by Gasteiger charge is 2.39. The number of allylic oxidation sites excluding steroid dienone is 2. The van der Waals surface area contributed by atoms with E-state index < -0.39 is 18.3 Å². The summed E-state index contributed by atoms with van der Waals surface area (Å²) in [6.07, 6.45) is 11.3. The van der Waals surface area contributed by atoms with Crippen molar-refractivity contribution >= 4 is 22.9 Å². The lowest BCUT2D eigenvalue weighted by molar-refractivity contribution is 0.0868. The highest BCUT2D eigenvalue weighted by molar-refractivity contribution is 7.12. The lowest BCUT2D eigenvalue weighted by atomic mass is 9.89. The Morgan fingerprint density at radius 3 is 2.68 bits per heavy atom. The summed E-state index contributed by atoms with van der Waals surface area (Å²) in [5.41, 5.74) is 0. The molecule has 7 heteroatoms. The molecule has 5 nitrogen and oxygen atoms in total. The molecule has 1 aromatic heterocycles. The van der Waals surface area contributed by atoms with Crippen LogP contribution in [-0.4, -0.2) is 58.6 Å². The third kappa shape index (κ3) is 8.61. The van der Waals surface area contributed by atoms with E-state index in [0.717, 1.165) is 35.6 Å². The number of thiophene rings is 1. The van der Waals surface area contributed by atoms with Crippen molar-refractivity contribution in [3.05, 3.63) is 45.1 Å². The fourth-order valence-corrected chi connectivity index (χ4v) is 5.37. The summed E-state index contributed by atoms with van der Waals surface area (Å²) in [4.78, 5) is 2.37. The zero-order chi connectivity index (χ0) is 22.8. The molecule has 176 valence electrons. The maximum atomic E-state index is 10.4. The fraction of sp³-hybridized carbons (Fsp3) is 0.667. The molecule has 6 atom stereocenters. The molecule has 1 aromatic rings. The van der Waals surface area contributed by atoms with Crippen molar-refractivity contribution < 1.29 is 25.2 Å². The SMILES string of the molecule is COC(/C=C/C1C(O)CC(O)C1C/C=C/CCCC(O)CO)CCc1cc(Cl)c(C)s1. The Bertz CT molecular complexity index is 685. The predicted octanol–water partition coefficient (Wildman–Crippen LogP) is 4.04. The van der Waals surface area contributed by atoms with E-state index in [1.165, 1.54) is 4.88 Å². The summed E-state index contributed by atoms with van der Waals surface area (Å²) < 4.78 is 5.61. The summed E-state index contributed by atoms with van der Waals surface area (Å²) in [6, 6.07) is 2.02. The Morgan fingerprint density at radius 2 is 2.03 bits per heavy atom. The first kappa shape index (κ1) is 26.5. The van der Waals surface area contributed by atoms with Gasteiger partial charge in [0.2, 0.25) is 0 Å². The number of hydrogen-bond donors (Lipinski definition) is 4. The van der Waals surface area contributed by atoms with Crippen molar-refractivity contribution in [2.75, 3.05) is 13.7 Å². The highest BCUT2D eigenvalue weighted by atomic mass is 35.5. The molecule has 31 heavy (non-hydrogen) atoms. The van der Waals surface area contributed by atoms with Crippen molar-refractivity contribution in [3.63, 3.8) is 0 Å². The van der Waals surface area contributed by atoms with Crippen molar-refractivity contribution in [2.24, 2.45) is 11.8 Å². The third-order valence-electron chi connectivity index (χ3n) is 6.04. The number of unbranched alkanes of at least 4 members (excludes halogenated alkanes) is 1. The van der Waals surface area contributed by atoms with Gasteiger partial charge in [0.05, 0.1) is 36.0 Å². The fourth-order valence-electron chi connectivity index (χ4n) is 4.11. The number of hydrogen-bond acceptors (Lipinski definition) is 6. The Morgan fingerprint density at radius 1 is 1.26 bits per heavy atom. The van der Waals surface area contributed by atoms with Gasteiger partial charge in [-0.3, -0.25) is 0 Å². The van der Waals surface area contributed by atoms with Gasteiger partial charge in [-0.15, -0.1) is 11.3 Å². The molecule has 0 radical (unpaired) electrons. The summed E-state index contributed by atoms with van der Waals surface area (Å²) >= 11 is 7.86. The van der Waals surface area contributed by atoms with Gasteiger partial charge >= 0.3 is 0 Å². The Kier molecular flexibility index (Phi) is 11.8. The second-order valence-electron chi connectivity index (χ2n) is 8.40. The quantitative estimate of drug-likeness (QED) is 0.257. The van der Waals surface area contributed by atoms with E-state index in [0.29, 0.717) is 19.3 Å². The molecule has 0 aromatic carbocycles. The molecule has 0 bridgehead atoms. The van der Waals surface area contributed by atoms with Crippen molar-refractivity contribution in [2.45, 2.75) is 76.3 Å². The molecule has 1 fully saturated rings. The van der Waals surface area contributed by atoms with Crippen molar-refractivity contribution in [3.8, 4) is 0 Å². The minimum Gasteiger partial charge on any atom is -0.394 e. The molecular formula is C24H37ClO5S. The lowest BCUT2D eigenvalue weighted by Gasteiger charge is -2.20. The summed E-state index contributed by atoms with van der Waals surface area (Å²) in [5, 5.41) is 39.9. The van der Waals surface area contributed by atoms with Crippen LogP contribution >= 0.6 is 22.9 Å². The molecule has 0 aliphatic heterocycles. The number of aliphatic hydroxyl groups excluding tert-OH is 4. The molecule has 4 N–H and O–H groups in total. The summed E-state index contributed by atoms with van der Waals surface area (Å²) in [6.45, 7) is 1.82. The molecule has 2 rings (SSSR count). The molecule has 0 amide bonds. The van der Waals surface area contributed by atoms with E-state index in [2.05, 4.69) is 6.08 Å². The van der Waals surface area contributed by atoms with E-state index in [-0.39, 0.29) is 24.5 Å². The van der Waals surface area contributed by atoms with E-state index in [4.69, 9.17) is 21.4 Å². The number of methoxy groups -OCH3 is 1. The minimum absolute atomic E-state index is 0.0261. The molecule has 6 unspecified atom stereocenters. The van der Waals surface area contributed by atoms with Crippen LogP contribution in [0, 0.1) is 18.8 Å². The van der Waals surface area contributed by atoms with E-state index in [9.17, 15) is 15.3 Å². The number of halogens is 1. The molecular weight excluding hydrogens is 436 g/mol. The molecule has 0 saturated heterocycles. The average molecular weight is 473 g/mol. The predicted molar refractivity (Wildman–Crippen MR) is 127 cm³/mol. The van der Waals surface area contributed by atoms with Gasteiger partial charge in [-0.05, 0) is 57.4 Å². The third-order valence-corrected chi connectivity index (χ3v) is 7.66. The monoisotopic (exact) mass is 472 g/mol. The average Bonchev–Trinajstić information content (AvgIpc) is 3.21. The first-order valence-corrected chi connectivity index (χ1v) is 12.3. The number of aliphatic hydroxyl groups is 4. The maximum Gasteiger partial charge on any atom is 0.0771 e. The van der Waals surface area contributed by atoms with Gasteiger partial charge in [0, 0.05) is 29.2 Å². The van der Waals surface area contributed by atoms with Gasteiger partial charge in [0.1, 0.15) is 0 Å². The Labute approximate surface area is 195 Å². The first-order chi connectivity index (χ1) is 14.8. The van der Waals surface area contributed by atoms with E-state index in [1.807, 2.05) is 31.2 Å². The summed E-state index contributed by atoms with van der Waals surface area (Å²) in [5.74, 6) is -0.131.